The van der Waals surface area contributed by atoms with Gasteiger partial charge >= 0.3 is 0 Å². The summed E-state index contributed by atoms with van der Waals surface area (Å²) >= 11 is 1.22. The normalized spacial score (nSPS) is 23.2. The van der Waals surface area contributed by atoms with Crippen LogP contribution in [0.1, 0.15) is 6.92 Å². The lowest BCUT2D eigenvalue weighted by Crippen LogP contribution is -2.42. The monoisotopic (exact) mass is 264 g/mol. The van der Waals surface area contributed by atoms with E-state index in [1.54, 1.807) is 23.1 Å². The zero-order valence-corrected chi connectivity index (χ0v) is 10.6. The minimum atomic E-state index is -0.461. The molecule has 1 amide bonds. The largest absolute Gasteiger partial charge is 0.293 e. The van der Waals surface area contributed by atoms with Crippen molar-refractivity contribution in [2.75, 3.05) is 10.7 Å². The second-order valence-corrected chi connectivity index (χ2v) is 5.15. The van der Waals surface area contributed by atoms with E-state index in [1.165, 1.54) is 23.9 Å². The van der Waals surface area contributed by atoms with Crippen LogP contribution in [0.5, 0.6) is 0 Å². The third-order valence-corrected chi connectivity index (χ3v) is 4.10. The number of rotatable bonds is 3. The minimum absolute atomic E-state index is 0.0124. The maximum absolute atomic E-state index is 11.9. The molecule has 0 N–H and O–H groups in total. The summed E-state index contributed by atoms with van der Waals surface area (Å²) in [6, 6.07) is 5.97. The Morgan fingerprint density at radius 1 is 1.50 bits per heavy atom. The van der Waals surface area contributed by atoms with Gasteiger partial charge in [-0.1, -0.05) is 17.8 Å². The lowest BCUT2D eigenvalue weighted by Gasteiger charge is -2.31. The summed E-state index contributed by atoms with van der Waals surface area (Å²) in [7, 11) is 0. The van der Waals surface area contributed by atoms with E-state index in [0.717, 1.165) is 0 Å². The fourth-order valence-electron chi connectivity index (χ4n) is 1.82. The highest BCUT2D eigenvalue weighted by Crippen LogP contribution is 2.38. The summed E-state index contributed by atoms with van der Waals surface area (Å²) in [5, 5.41) is 10.5. The summed E-state index contributed by atoms with van der Waals surface area (Å²) in [6.07, 6.45) is 1.73. The van der Waals surface area contributed by atoms with Crippen LogP contribution in [-0.4, -0.2) is 21.5 Å². The van der Waals surface area contributed by atoms with Crippen molar-refractivity contribution >= 4 is 28.4 Å². The van der Waals surface area contributed by atoms with E-state index in [2.05, 4.69) is 6.58 Å². The highest BCUT2D eigenvalue weighted by molar-refractivity contribution is 8.14. The number of non-ortho nitro benzene ring substituents is 1. The fraction of sp³-hybridized carbons (Fsp3) is 0.250. The fourth-order valence-corrected chi connectivity index (χ4v) is 2.93. The summed E-state index contributed by atoms with van der Waals surface area (Å²) < 4.78 is 0. The van der Waals surface area contributed by atoms with Gasteiger partial charge in [0.15, 0.2) is 0 Å². The number of nitro groups is 1. The van der Waals surface area contributed by atoms with Crippen molar-refractivity contribution < 1.29 is 9.72 Å². The van der Waals surface area contributed by atoms with Crippen LogP contribution >= 0.6 is 11.8 Å². The number of carbonyl (C=O) groups excluding carboxylic acids is 1. The predicted molar refractivity (Wildman–Crippen MR) is 72.0 cm³/mol. The molecule has 1 unspecified atom stereocenters. The van der Waals surface area contributed by atoms with Crippen LogP contribution in [0.3, 0.4) is 0 Å². The first-order chi connectivity index (χ1) is 8.48. The van der Waals surface area contributed by atoms with Crippen molar-refractivity contribution in [3.05, 3.63) is 47.0 Å². The average Bonchev–Trinajstić information content (AvgIpc) is 2.66. The molecule has 0 aromatic heterocycles. The molecular weight excluding hydrogens is 252 g/mol. The molecule has 2 rings (SSSR count). The topological polar surface area (TPSA) is 63.5 Å². The number of benzene rings is 1. The number of nitro benzene ring substituents is 1. The molecule has 94 valence electrons. The van der Waals surface area contributed by atoms with E-state index in [9.17, 15) is 14.9 Å². The van der Waals surface area contributed by atoms with Gasteiger partial charge in [-0.3, -0.25) is 19.8 Å². The number of hydrogen-bond acceptors (Lipinski definition) is 4. The molecule has 0 saturated carbocycles. The average molecular weight is 264 g/mol. The van der Waals surface area contributed by atoms with Crippen LogP contribution in [0.15, 0.2) is 36.9 Å². The highest BCUT2D eigenvalue weighted by atomic mass is 32.2. The van der Waals surface area contributed by atoms with Gasteiger partial charge in [-0.15, -0.1) is 6.58 Å². The molecule has 0 radical (unpaired) electrons. The Bertz CT molecular complexity index is 515. The lowest BCUT2D eigenvalue weighted by molar-refractivity contribution is -0.384. The van der Waals surface area contributed by atoms with E-state index >= 15 is 0 Å². The molecule has 1 atom stereocenters. The van der Waals surface area contributed by atoms with Crippen LogP contribution in [-0.2, 0) is 0 Å². The van der Waals surface area contributed by atoms with Gasteiger partial charge in [0.2, 0.25) is 0 Å². The zero-order valence-electron chi connectivity index (χ0n) is 9.83. The second-order valence-electron chi connectivity index (χ2n) is 4.22. The molecule has 0 bridgehead atoms. The Balaban J connectivity index is 2.38. The van der Waals surface area contributed by atoms with Crippen molar-refractivity contribution in [2.45, 2.75) is 12.5 Å². The van der Waals surface area contributed by atoms with Crippen molar-refractivity contribution in [1.82, 2.24) is 0 Å². The molecule has 18 heavy (non-hydrogen) atoms. The van der Waals surface area contributed by atoms with Gasteiger partial charge in [0.25, 0.3) is 10.9 Å². The molecule has 0 spiro atoms. The van der Waals surface area contributed by atoms with E-state index in [0.29, 0.717) is 11.4 Å². The van der Waals surface area contributed by atoms with Gasteiger partial charge in [-0.25, -0.2) is 0 Å². The summed E-state index contributed by atoms with van der Waals surface area (Å²) in [4.78, 5) is 23.6. The van der Waals surface area contributed by atoms with Gasteiger partial charge < -0.3 is 0 Å². The number of thioether (sulfide) groups is 1. The Morgan fingerprint density at radius 3 is 2.61 bits per heavy atom. The zero-order chi connectivity index (χ0) is 13.3. The summed E-state index contributed by atoms with van der Waals surface area (Å²) in [5.41, 5.74) is 0.217. The molecule has 5 nitrogen and oxygen atoms in total. The third-order valence-electron chi connectivity index (χ3n) is 2.94. The van der Waals surface area contributed by atoms with Crippen molar-refractivity contribution in [2.24, 2.45) is 0 Å². The van der Waals surface area contributed by atoms with Crippen molar-refractivity contribution in [3.8, 4) is 0 Å². The van der Waals surface area contributed by atoms with Crippen molar-refractivity contribution in [3.63, 3.8) is 0 Å². The second kappa shape index (κ2) is 4.45. The molecule has 1 aliphatic heterocycles. The van der Waals surface area contributed by atoms with Crippen molar-refractivity contribution in [1.29, 1.82) is 0 Å². The SMILES string of the molecule is C=CC1(C)CSC(=O)N1c1ccc([N+](=O)[O-])cc1. The molecule has 0 aliphatic carbocycles. The van der Waals surface area contributed by atoms with E-state index in [1.807, 2.05) is 6.92 Å². The first-order valence-electron chi connectivity index (χ1n) is 5.33. The van der Waals surface area contributed by atoms with Gasteiger partial charge in [-0.05, 0) is 19.1 Å². The van der Waals surface area contributed by atoms with E-state index in [-0.39, 0.29) is 10.9 Å². The first-order valence-corrected chi connectivity index (χ1v) is 6.31. The molecule has 1 fully saturated rings. The molecular formula is C12H12N2O3S. The van der Waals surface area contributed by atoms with Crippen LogP contribution in [0.4, 0.5) is 16.2 Å². The number of amides is 1. The van der Waals surface area contributed by atoms with Gasteiger partial charge in [0, 0.05) is 23.6 Å². The lowest BCUT2D eigenvalue weighted by atomic mass is 10.0. The Labute approximate surface area is 109 Å². The number of anilines is 1. The van der Waals surface area contributed by atoms with Gasteiger partial charge in [0.1, 0.15) is 0 Å². The molecule has 1 aromatic rings. The van der Waals surface area contributed by atoms with E-state index < -0.39 is 10.5 Å². The highest BCUT2D eigenvalue weighted by Gasteiger charge is 2.41. The quantitative estimate of drug-likeness (QED) is 0.477. The Hall–Kier alpha value is -1.82. The van der Waals surface area contributed by atoms with Gasteiger partial charge in [0.05, 0.1) is 10.5 Å². The summed E-state index contributed by atoms with van der Waals surface area (Å²) in [5.74, 6) is 0.631. The summed E-state index contributed by atoms with van der Waals surface area (Å²) in [6.45, 7) is 5.67. The van der Waals surface area contributed by atoms with E-state index in [4.69, 9.17) is 0 Å². The number of hydrogen-bond donors (Lipinski definition) is 0. The minimum Gasteiger partial charge on any atom is -0.293 e. The molecule has 6 heteroatoms. The molecule has 1 saturated heterocycles. The Kier molecular flexibility index (Phi) is 3.13. The van der Waals surface area contributed by atoms with Crippen LogP contribution in [0, 0.1) is 10.1 Å². The number of carbonyl (C=O) groups is 1. The number of nitrogens with zero attached hydrogens (tertiary/aromatic N) is 2. The maximum Gasteiger partial charge on any atom is 0.286 e. The smallest absolute Gasteiger partial charge is 0.286 e. The standard InChI is InChI=1S/C12H12N2O3S/c1-3-12(2)8-18-11(15)13(12)9-4-6-10(7-5-9)14(16)17/h3-7H,1,8H2,2H3. The van der Waals surface area contributed by atoms with Crippen LogP contribution < -0.4 is 4.90 Å². The Morgan fingerprint density at radius 2 is 2.11 bits per heavy atom. The predicted octanol–water partition coefficient (Wildman–Crippen LogP) is 3.21. The molecule has 1 aromatic carbocycles. The maximum atomic E-state index is 11.9. The first kappa shape index (κ1) is 12.6. The molecule has 1 heterocycles. The van der Waals surface area contributed by atoms with Crippen LogP contribution in [0.2, 0.25) is 0 Å². The van der Waals surface area contributed by atoms with Gasteiger partial charge in [-0.2, -0.15) is 0 Å². The third kappa shape index (κ3) is 1.99. The van der Waals surface area contributed by atoms with Crippen LogP contribution in [0.25, 0.3) is 0 Å². The molecule has 1 aliphatic rings.